The molecular formula is C14H20N2O2. The molecule has 1 amide bonds. The normalized spacial score (nSPS) is 24.7. The summed E-state index contributed by atoms with van der Waals surface area (Å²) in [5.41, 5.74) is 1.28. The van der Waals surface area contributed by atoms with Crippen molar-refractivity contribution in [2.24, 2.45) is 5.92 Å². The maximum absolute atomic E-state index is 10.7. The van der Waals surface area contributed by atoms with Gasteiger partial charge in [0.15, 0.2) is 0 Å². The number of nitrogens with one attached hydrogen (secondary N) is 1. The highest BCUT2D eigenvalue weighted by molar-refractivity contribution is 5.64. The predicted octanol–water partition coefficient (Wildman–Crippen LogP) is 2.16. The molecule has 2 atom stereocenters. The van der Waals surface area contributed by atoms with E-state index in [1.807, 2.05) is 18.2 Å². The molecule has 1 heterocycles. The molecule has 1 fully saturated rings. The predicted molar refractivity (Wildman–Crippen MR) is 70.4 cm³/mol. The van der Waals surface area contributed by atoms with Crippen molar-refractivity contribution in [1.29, 1.82) is 0 Å². The molecule has 0 aromatic heterocycles. The number of carbonyl (C=O) groups is 1. The number of benzene rings is 1. The molecule has 4 nitrogen and oxygen atoms in total. The number of carboxylic acid groups (broad SMARTS) is 1. The Morgan fingerprint density at radius 3 is 2.83 bits per heavy atom. The van der Waals surface area contributed by atoms with Crippen molar-refractivity contribution < 1.29 is 9.90 Å². The Kier molecular flexibility index (Phi) is 4.20. The third-order valence-corrected chi connectivity index (χ3v) is 3.60. The molecule has 1 aromatic rings. The number of amides is 1. The van der Waals surface area contributed by atoms with Gasteiger partial charge in [0.25, 0.3) is 0 Å². The number of rotatable bonds is 3. The fourth-order valence-corrected chi connectivity index (χ4v) is 2.47. The summed E-state index contributed by atoms with van der Waals surface area (Å²) in [6, 6.07) is 10.3. The van der Waals surface area contributed by atoms with E-state index in [0.29, 0.717) is 5.92 Å². The number of hydrogen-bond acceptors (Lipinski definition) is 2. The molecule has 98 valence electrons. The summed E-state index contributed by atoms with van der Waals surface area (Å²) in [5, 5.41) is 11.5. The zero-order valence-electron chi connectivity index (χ0n) is 10.7. The quantitative estimate of drug-likeness (QED) is 0.862. The second kappa shape index (κ2) is 5.87. The number of nitrogens with zero attached hydrogens (tertiary/aromatic N) is 1. The number of hydrogen-bond donors (Lipinski definition) is 2. The molecule has 1 aliphatic rings. The van der Waals surface area contributed by atoms with Crippen molar-refractivity contribution in [3.63, 3.8) is 0 Å². The van der Waals surface area contributed by atoms with E-state index in [4.69, 9.17) is 5.11 Å². The standard InChI is InChI=1S/C14H20N2O2/c1-11-7-8-16(10-13(11)15-14(17)18)9-12-5-3-2-4-6-12/h2-6,11,13,15H,7-10H2,1H3,(H,17,18). The molecule has 0 bridgehead atoms. The Balaban J connectivity index is 1.93. The van der Waals surface area contributed by atoms with Crippen LogP contribution in [0, 0.1) is 5.92 Å². The van der Waals surface area contributed by atoms with Crippen LogP contribution in [0.2, 0.25) is 0 Å². The van der Waals surface area contributed by atoms with E-state index in [9.17, 15) is 4.79 Å². The second-order valence-electron chi connectivity index (χ2n) is 5.04. The fourth-order valence-electron chi connectivity index (χ4n) is 2.47. The lowest BCUT2D eigenvalue weighted by molar-refractivity contribution is 0.131. The molecule has 1 saturated heterocycles. The van der Waals surface area contributed by atoms with E-state index in [2.05, 4.69) is 29.3 Å². The molecule has 18 heavy (non-hydrogen) atoms. The maximum atomic E-state index is 10.7. The number of likely N-dealkylation sites (tertiary alicyclic amines) is 1. The van der Waals surface area contributed by atoms with Gasteiger partial charge in [-0.05, 0) is 24.4 Å². The van der Waals surface area contributed by atoms with Crippen LogP contribution in [0.3, 0.4) is 0 Å². The molecule has 1 aromatic carbocycles. The van der Waals surface area contributed by atoms with Crippen LogP contribution in [0.25, 0.3) is 0 Å². The Hall–Kier alpha value is -1.55. The summed E-state index contributed by atoms with van der Waals surface area (Å²) in [6.07, 6.45) is 0.117. The average molecular weight is 248 g/mol. The summed E-state index contributed by atoms with van der Waals surface area (Å²) in [6.45, 7) is 4.84. The monoisotopic (exact) mass is 248 g/mol. The molecular weight excluding hydrogens is 228 g/mol. The lowest BCUT2D eigenvalue weighted by atomic mass is 9.93. The molecule has 0 radical (unpaired) electrons. The van der Waals surface area contributed by atoms with Crippen LogP contribution < -0.4 is 5.32 Å². The van der Waals surface area contributed by atoms with Gasteiger partial charge in [-0.2, -0.15) is 0 Å². The minimum atomic E-state index is -0.923. The third kappa shape index (κ3) is 3.47. The molecule has 2 rings (SSSR count). The largest absolute Gasteiger partial charge is 0.465 e. The first-order valence-electron chi connectivity index (χ1n) is 6.41. The van der Waals surface area contributed by atoms with E-state index < -0.39 is 6.09 Å². The lowest BCUT2D eigenvalue weighted by Gasteiger charge is -2.36. The van der Waals surface area contributed by atoms with Gasteiger partial charge in [0, 0.05) is 19.1 Å². The minimum Gasteiger partial charge on any atom is -0.465 e. The van der Waals surface area contributed by atoms with Crippen LogP contribution in [-0.2, 0) is 6.54 Å². The van der Waals surface area contributed by atoms with Gasteiger partial charge < -0.3 is 10.4 Å². The van der Waals surface area contributed by atoms with Gasteiger partial charge in [-0.3, -0.25) is 4.90 Å². The van der Waals surface area contributed by atoms with Gasteiger partial charge in [0.1, 0.15) is 0 Å². The van der Waals surface area contributed by atoms with Crippen molar-refractivity contribution in [2.75, 3.05) is 13.1 Å². The van der Waals surface area contributed by atoms with E-state index in [1.165, 1.54) is 5.56 Å². The van der Waals surface area contributed by atoms with Crippen LogP contribution >= 0.6 is 0 Å². The molecule has 0 spiro atoms. The summed E-state index contributed by atoms with van der Waals surface area (Å²) in [5.74, 6) is 0.410. The molecule has 2 N–H and O–H groups in total. The van der Waals surface area contributed by atoms with E-state index in [-0.39, 0.29) is 6.04 Å². The van der Waals surface area contributed by atoms with E-state index in [1.54, 1.807) is 0 Å². The van der Waals surface area contributed by atoms with Crippen molar-refractivity contribution in [3.8, 4) is 0 Å². The molecule has 0 saturated carbocycles. The Bertz CT molecular complexity index is 394. The van der Waals surface area contributed by atoms with Crippen molar-refractivity contribution in [1.82, 2.24) is 10.2 Å². The van der Waals surface area contributed by atoms with Crippen LogP contribution in [0.4, 0.5) is 4.79 Å². The van der Waals surface area contributed by atoms with Crippen molar-refractivity contribution in [2.45, 2.75) is 25.9 Å². The second-order valence-corrected chi connectivity index (χ2v) is 5.04. The zero-order chi connectivity index (χ0) is 13.0. The topological polar surface area (TPSA) is 52.6 Å². The van der Waals surface area contributed by atoms with Gasteiger partial charge in [-0.1, -0.05) is 37.3 Å². The van der Waals surface area contributed by atoms with Crippen LogP contribution in [0.15, 0.2) is 30.3 Å². The molecule has 0 aliphatic carbocycles. The fraction of sp³-hybridized carbons (Fsp3) is 0.500. The van der Waals surface area contributed by atoms with Gasteiger partial charge >= 0.3 is 6.09 Å². The van der Waals surface area contributed by atoms with E-state index in [0.717, 1.165) is 26.1 Å². The van der Waals surface area contributed by atoms with Gasteiger partial charge in [0.05, 0.1) is 0 Å². The lowest BCUT2D eigenvalue weighted by Crippen LogP contribution is -2.51. The van der Waals surface area contributed by atoms with Gasteiger partial charge in [-0.25, -0.2) is 4.79 Å². The highest BCUT2D eigenvalue weighted by atomic mass is 16.4. The summed E-state index contributed by atoms with van der Waals surface area (Å²) < 4.78 is 0. The van der Waals surface area contributed by atoms with Crippen molar-refractivity contribution in [3.05, 3.63) is 35.9 Å². The van der Waals surface area contributed by atoms with Crippen LogP contribution in [0.5, 0.6) is 0 Å². The third-order valence-electron chi connectivity index (χ3n) is 3.60. The summed E-state index contributed by atoms with van der Waals surface area (Å²) in [4.78, 5) is 13.1. The summed E-state index contributed by atoms with van der Waals surface area (Å²) in [7, 11) is 0. The van der Waals surface area contributed by atoms with Gasteiger partial charge in [0.2, 0.25) is 0 Å². The minimum absolute atomic E-state index is 0.0416. The van der Waals surface area contributed by atoms with Crippen LogP contribution in [-0.4, -0.2) is 35.2 Å². The molecule has 2 unspecified atom stereocenters. The average Bonchev–Trinajstić information content (AvgIpc) is 2.34. The van der Waals surface area contributed by atoms with Gasteiger partial charge in [-0.15, -0.1) is 0 Å². The highest BCUT2D eigenvalue weighted by Crippen LogP contribution is 2.19. The first-order valence-corrected chi connectivity index (χ1v) is 6.41. The molecule has 1 aliphatic heterocycles. The smallest absolute Gasteiger partial charge is 0.404 e. The Morgan fingerprint density at radius 1 is 1.44 bits per heavy atom. The summed E-state index contributed by atoms with van der Waals surface area (Å²) >= 11 is 0. The zero-order valence-corrected chi connectivity index (χ0v) is 10.7. The van der Waals surface area contributed by atoms with Crippen LogP contribution in [0.1, 0.15) is 18.9 Å². The Morgan fingerprint density at radius 2 is 2.17 bits per heavy atom. The Labute approximate surface area is 108 Å². The maximum Gasteiger partial charge on any atom is 0.404 e. The molecule has 4 heteroatoms. The number of piperidine rings is 1. The van der Waals surface area contributed by atoms with E-state index >= 15 is 0 Å². The SMILES string of the molecule is CC1CCN(Cc2ccccc2)CC1NC(=O)O. The first kappa shape index (κ1) is 12.9. The van der Waals surface area contributed by atoms with Crippen molar-refractivity contribution >= 4 is 6.09 Å². The highest BCUT2D eigenvalue weighted by Gasteiger charge is 2.27. The first-order chi connectivity index (χ1) is 8.65.